The number of anilines is 2. The summed E-state index contributed by atoms with van der Waals surface area (Å²) in [5, 5.41) is 3.39. The van der Waals surface area contributed by atoms with Gasteiger partial charge in [-0.1, -0.05) is 41.9 Å². The Morgan fingerprint density at radius 3 is 2.20 bits per heavy atom. The van der Waals surface area contributed by atoms with Crippen LogP contribution in [0.2, 0.25) is 5.02 Å². The number of piperazine rings is 1. The minimum Gasteiger partial charge on any atom is -0.324 e. The minimum atomic E-state index is -0.0793. The Bertz CT molecular complexity index is 881. The SMILES string of the molecule is CCN(C(=O)CN1CCN(CC(=O)Nc2ccccc2Cl)CC1)c1ccccc1C. The van der Waals surface area contributed by atoms with Crippen molar-refractivity contribution in [3.8, 4) is 0 Å². The van der Waals surface area contributed by atoms with Crippen molar-refractivity contribution in [2.24, 2.45) is 0 Å². The van der Waals surface area contributed by atoms with Crippen LogP contribution in [0.3, 0.4) is 0 Å². The van der Waals surface area contributed by atoms with Crippen LogP contribution in [-0.2, 0) is 9.59 Å². The molecule has 0 unspecified atom stereocenters. The Labute approximate surface area is 183 Å². The Morgan fingerprint density at radius 2 is 1.57 bits per heavy atom. The normalized spacial score (nSPS) is 15.0. The predicted molar refractivity (Wildman–Crippen MR) is 122 cm³/mol. The number of likely N-dealkylation sites (N-methyl/N-ethyl adjacent to an activating group) is 1. The maximum atomic E-state index is 12.9. The van der Waals surface area contributed by atoms with Gasteiger partial charge in [0.25, 0.3) is 0 Å². The molecule has 0 atom stereocenters. The van der Waals surface area contributed by atoms with Crippen LogP contribution < -0.4 is 10.2 Å². The number of nitrogens with zero attached hydrogens (tertiary/aromatic N) is 3. The molecule has 0 aromatic heterocycles. The third kappa shape index (κ3) is 5.81. The Balaban J connectivity index is 1.47. The molecule has 2 aromatic carbocycles. The standard InChI is InChI=1S/C23H29ClN4O2/c1-3-28(21-11-7-4-8-18(21)2)23(30)17-27-14-12-26(13-15-27)16-22(29)25-20-10-6-5-9-19(20)24/h4-11H,3,12-17H2,1-2H3,(H,25,29). The van der Waals surface area contributed by atoms with E-state index in [2.05, 4.69) is 15.1 Å². The molecule has 160 valence electrons. The van der Waals surface area contributed by atoms with Crippen LogP contribution >= 0.6 is 11.6 Å². The molecule has 0 saturated carbocycles. The molecule has 0 radical (unpaired) electrons. The molecular formula is C23H29ClN4O2. The van der Waals surface area contributed by atoms with E-state index in [9.17, 15) is 9.59 Å². The third-order valence-corrected chi connectivity index (χ3v) is 5.69. The van der Waals surface area contributed by atoms with E-state index < -0.39 is 0 Å². The van der Waals surface area contributed by atoms with E-state index in [-0.39, 0.29) is 11.8 Å². The van der Waals surface area contributed by atoms with E-state index >= 15 is 0 Å². The quantitative estimate of drug-likeness (QED) is 0.735. The monoisotopic (exact) mass is 428 g/mol. The molecule has 1 aliphatic rings. The number of carbonyl (C=O) groups excluding carboxylic acids is 2. The number of amides is 2. The highest BCUT2D eigenvalue weighted by atomic mass is 35.5. The van der Waals surface area contributed by atoms with E-state index in [1.807, 2.05) is 55.1 Å². The number of aryl methyl sites for hydroxylation is 1. The number of nitrogens with one attached hydrogen (secondary N) is 1. The average molecular weight is 429 g/mol. The van der Waals surface area contributed by atoms with Gasteiger partial charge in [0.05, 0.1) is 23.8 Å². The van der Waals surface area contributed by atoms with Gasteiger partial charge in [-0.2, -0.15) is 0 Å². The van der Waals surface area contributed by atoms with Crippen molar-refractivity contribution in [1.29, 1.82) is 0 Å². The molecule has 2 amide bonds. The smallest absolute Gasteiger partial charge is 0.241 e. The van der Waals surface area contributed by atoms with Crippen molar-refractivity contribution in [2.45, 2.75) is 13.8 Å². The molecular weight excluding hydrogens is 400 g/mol. The Hall–Kier alpha value is -2.41. The largest absolute Gasteiger partial charge is 0.324 e. The number of para-hydroxylation sites is 2. The summed E-state index contributed by atoms with van der Waals surface area (Å²) in [7, 11) is 0. The van der Waals surface area contributed by atoms with Gasteiger partial charge < -0.3 is 10.2 Å². The summed E-state index contributed by atoms with van der Waals surface area (Å²) in [6.07, 6.45) is 0. The van der Waals surface area contributed by atoms with E-state index in [0.29, 0.717) is 30.3 Å². The van der Waals surface area contributed by atoms with Crippen molar-refractivity contribution in [3.05, 3.63) is 59.1 Å². The second kappa shape index (κ2) is 10.6. The highest BCUT2D eigenvalue weighted by molar-refractivity contribution is 6.33. The molecule has 30 heavy (non-hydrogen) atoms. The van der Waals surface area contributed by atoms with Crippen molar-refractivity contribution in [1.82, 2.24) is 9.80 Å². The van der Waals surface area contributed by atoms with Gasteiger partial charge in [0.15, 0.2) is 0 Å². The maximum absolute atomic E-state index is 12.9. The van der Waals surface area contributed by atoms with Crippen molar-refractivity contribution >= 4 is 34.8 Å². The fraction of sp³-hybridized carbons (Fsp3) is 0.391. The first-order valence-electron chi connectivity index (χ1n) is 10.3. The first-order chi connectivity index (χ1) is 14.5. The number of hydrogen-bond acceptors (Lipinski definition) is 4. The van der Waals surface area contributed by atoms with E-state index in [1.54, 1.807) is 12.1 Å². The molecule has 1 heterocycles. The molecule has 2 aromatic rings. The Kier molecular flexibility index (Phi) is 7.85. The highest BCUT2D eigenvalue weighted by Crippen LogP contribution is 2.21. The number of halogens is 1. The van der Waals surface area contributed by atoms with E-state index in [1.165, 1.54) is 0 Å². The summed E-state index contributed by atoms with van der Waals surface area (Å²) < 4.78 is 0. The van der Waals surface area contributed by atoms with Crippen molar-refractivity contribution < 1.29 is 9.59 Å². The summed E-state index contributed by atoms with van der Waals surface area (Å²) in [4.78, 5) is 31.3. The van der Waals surface area contributed by atoms with Crippen LogP contribution in [0.5, 0.6) is 0 Å². The van der Waals surface area contributed by atoms with Crippen molar-refractivity contribution in [2.75, 3.05) is 56.0 Å². The highest BCUT2D eigenvalue weighted by Gasteiger charge is 2.23. The molecule has 0 bridgehead atoms. The lowest BCUT2D eigenvalue weighted by Crippen LogP contribution is -2.51. The first-order valence-corrected chi connectivity index (χ1v) is 10.7. The molecule has 0 spiro atoms. The second-order valence-electron chi connectivity index (χ2n) is 7.50. The summed E-state index contributed by atoms with van der Waals surface area (Å²) in [5.41, 5.74) is 2.70. The zero-order valence-electron chi connectivity index (χ0n) is 17.6. The van der Waals surface area contributed by atoms with Crippen LogP contribution in [0.15, 0.2) is 48.5 Å². The van der Waals surface area contributed by atoms with Gasteiger partial charge in [-0.25, -0.2) is 0 Å². The summed E-state index contributed by atoms with van der Waals surface area (Å²) in [6.45, 7) is 8.40. The van der Waals surface area contributed by atoms with Crippen LogP contribution in [0.4, 0.5) is 11.4 Å². The number of carbonyl (C=O) groups is 2. The lowest BCUT2D eigenvalue weighted by atomic mass is 10.1. The predicted octanol–water partition coefficient (Wildman–Crippen LogP) is 3.26. The lowest BCUT2D eigenvalue weighted by Gasteiger charge is -2.35. The van der Waals surface area contributed by atoms with Gasteiger partial charge in [-0.15, -0.1) is 0 Å². The molecule has 1 N–H and O–H groups in total. The van der Waals surface area contributed by atoms with Gasteiger partial charge in [-0.3, -0.25) is 19.4 Å². The first kappa shape index (κ1) is 22.3. The molecule has 1 aliphatic heterocycles. The lowest BCUT2D eigenvalue weighted by molar-refractivity contribution is -0.121. The fourth-order valence-electron chi connectivity index (χ4n) is 3.68. The summed E-state index contributed by atoms with van der Waals surface area (Å²) in [5.74, 6) is 0.0287. The van der Waals surface area contributed by atoms with Crippen LogP contribution in [-0.4, -0.2) is 67.4 Å². The van der Waals surface area contributed by atoms with Crippen LogP contribution in [0.25, 0.3) is 0 Å². The van der Waals surface area contributed by atoms with E-state index in [0.717, 1.165) is 37.4 Å². The zero-order chi connectivity index (χ0) is 21.5. The topological polar surface area (TPSA) is 55.9 Å². The van der Waals surface area contributed by atoms with Gasteiger partial charge in [0, 0.05) is 38.4 Å². The molecule has 6 nitrogen and oxygen atoms in total. The fourth-order valence-corrected chi connectivity index (χ4v) is 3.87. The number of hydrogen-bond donors (Lipinski definition) is 1. The van der Waals surface area contributed by atoms with Gasteiger partial charge in [0.1, 0.15) is 0 Å². The molecule has 1 saturated heterocycles. The van der Waals surface area contributed by atoms with Gasteiger partial charge in [0.2, 0.25) is 11.8 Å². The Morgan fingerprint density at radius 1 is 0.967 bits per heavy atom. The summed E-state index contributed by atoms with van der Waals surface area (Å²) in [6, 6.07) is 15.2. The molecule has 0 aliphatic carbocycles. The third-order valence-electron chi connectivity index (χ3n) is 5.36. The second-order valence-corrected chi connectivity index (χ2v) is 7.91. The van der Waals surface area contributed by atoms with Crippen LogP contribution in [0, 0.1) is 6.92 Å². The summed E-state index contributed by atoms with van der Waals surface area (Å²) >= 11 is 6.10. The van der Waals surface area contributed by atoms with Gasteiger partial charge >= 0.3 is 0 Å². The van der Waals surface area contributed by atoms with Gasteiger partial charge in [-0.05, 0) is 37.6 Å². The zero-order valence-corrected chi connectivity index (χ0v) is 18.4. The molecule has 7 heteroatoms. The van der Waals surface area contributed by atoms with Crippen molar-refractivity contribution in [3.63, 3.8) is 0 Å². The van der Waals surface area contributed by atoms with Crippen LogP contribution in [0.1, 0.15) is 12.5 Å². The maximum Gasteiger partial charge on any atom is 0.241 e. The molecule has 3 rings (SSSR count). The van der Waals surface area contributed by atoms with E-state index in [4.69, 9.17) is 11.6 Å². The minimum absolute atomic E-state index is 0.0793. The average Bonchev–Trinajstić information content (AvgIpc) is 2.73. The number of benzene rings is 2. The number of rotatable bonds is 7. The molecule has 1 fully saturated rings.